The molecule has 33 heavy (non-hydrogen) atoms. The predicted octanol–water partition coefficient (Wildman–Crippen LogP) is 5.38. The Bertz CT molecular complexity index is 1270. The molecule has 1 amide bonds. The van der Waals surface area contributed by atoms with E-state index in [4.69, 9.17) is 21.1 Å². The second kappa shape index (κ2) is 10.8. The minimum atomic E-state index is -0.633. The van der Waals surface area contributed by atoms with Crippen molar-refractivity contribution < 1.29 is 19.2 Å². The summed E-state index contributed by atoms with van der Waals surface area (Å²) >= 11 is 6.07. The van der Waals surface area contributed by atoms with E-state index in [2.05, 4.69) is 5.32 Å². The van der Waals surface area contributed by atoms with Crippen molar-refractivity contribution in [2.45, 2.75) is 6.61 Å². The number of halogens is 1. The van der Waals surface area contributed by atoms with Crippen LogP contribution in [0.5, 0.6) is 11.5 Å². The molecule has 3 rings (SSSR count). The standard InChI is InChI=1S/C24H18ClN3O5/c1-32-20-10-9-17(12-18(14-26)24(29)27-22-8-3-2-7-21(22)25)23(13-20)33-15-16-5-4-6-19(11-16)28(30)31/h2-13H,15H2,1H3,(H,27,29)/b18-12+. The number of methoxy groups -OCH3 is 1. The van der Waals surface area contributed by atoms with Gasteiger partial charge in [-0.15, -0.1) is 0 Å². The number of hydrogen-bond acceptors (Lipinski definition) is 6. The van der Waals surface area contributed by atoms with Gasteiger partial charge in [0.15, 0.2) is 0 Å². The topological polar surface area (TPSA) is 114 Å². The SMILES string of the molecule is COc1ccc(/C=C(\C#N)C(=O)Nc2ccccc2Cl)c(OCc2cccc([N+](=O)[O-])c2)c1. The van der Waals surface area contributed by atoms with E-state index in [0.29, 0.717) is 33.3 Å². The number of nitrogens with one attached hydrogen (secondary N) is 1. The summed E-state index contributed by atoms with van der Waals surface area (Å²) in [7, 11) is 1.49. The van der Waals surface area contributed by atoms with Gasteiger partial charge in [0.25, 0.3) is 11.6 Å². The van der Waals surface area contributed by atoms with E-state index in [-0.39, 0.29) is 17.9 Å². The zero-order chi connectivity index (χ0) is 23.8. The number of nitro benzene ring substituents is 1. The van der Waals surface area contributed by atoms with Gasteiger partial charge in [-0.3, -0.25) is 14.9 Å². The van der Waals surface area contributed by atoms with Crippen LogP contribution in [-0.2, 0) is 11.4 Å². The number of amides is 1. The minimum absolute atomic E-state index is 0.0311. The van der Waals surface area contributed by atoms with Crippen LogP contribution in [0.2, 0.25) is 5.02 Å². The summed E-state index contributed by atoms with van der Waals surface area (Å²) in [5.41, 5.74) is 1.19. The molecule has 0 heterocycles. The Morgan fingerprint density at radius 2 is 1.97 bits per heavy atom. The van der Waals surface area contributed by atoms with Crippen LogP contribution in [0.1, 0.15) is 11.1 Å². The monoisotopic (exact) mass is 463 g/mol. The van der Waals surface area contributed by atoms with E-state index in [9.17, 15) is 20.2 Å². The molecule has 3 aromatic rings. The maximum absolute atomic E-state index is 12.6. The normalized spacial score (nSPS) is 10.8. The Labute approximate surface area is 194 Å². The lowest BCUT2D eigenvalue weighted by Crippen LogP contribution is -2.13. The van der Waals surface area contributed by atoms with Gasteiger partial charge in [-0.1, -0.05) is 35.9 Å². The number of anilines is 1. The maximum Gasteiger partial charge on any atom is 0.269 e. The van der Waals surface area contributed by atoms with Crippen LogP contribution in [0, 0.1) is 21.4 Å². The lowest BCUT2D eigenvalue weighted by Gasteiger charge is -2.12. The largest absolute Gasteiger partial charge is 0.497 e. The van der Waals surface area contributed by atoms with Crippen molar-refractivity contribution in [1.29, 1.82) is 5.26 Å². The average Bonchev–Trinajstić information content (AvgIpc) is 2.83. The zero-order valence-electron chi connectivity index (χ0n) is 17.4. The van der Waals surface area contributed by atoms with Crippen LogP contribution >= 0.6 is 11.6 Å². The fourth-order valence-corrected chi connectivity index (χ4v) is 3.05. The molecule has 8 nitrogen and oxygen atoms in total. The number of para-hydroxylation sites is 1. The van der Waals surface area contributed by atoms with Gasteiger partial charge >= 0.3 is 0 Å². The third-order valence-electron chi connectivity index (χ3n) is 4.52. The fourth-order valence-electron chi connectivity index (χ4n) is 2.86. The van der Waals surface area contributed by atoms with Gasteiger partial charge in [-0.05, 0) is 35.9 Å². The molecule has 0 fully saturated rings. The van der Waals surface area contributed by atoms with Crippen LogP contribution < -0.4 is 14.8 Å². The molecule has 166 valence electrons. The van der Waals surface area contributed by atoms with Crippen molar-refractivity contribution in [3.63, 3.8) is 0 Å². The summed E-state index contributed by atoms with van der Waals surface area (Å²) in [5.74, 6) is 0.199. The number of carbonyl (C=O) groups excluding carboxylic acids is 1. The first-order chi connectivity index (χ1) is 15.9. The van der Waals surface area contributed by atoms with E-state index in [1.807, 2.05) is 6.07 Å². The van der Waals surface area contributed by atoms with E-state index in [0.717, 1.165) is 0 Å². The van der Waals surface area contributed by atoms with Crippen molar-refractivity contribution >= 4 is 35.0 Å². The van der Waals surface area contributed by atoms with E-state index in [1.165, 1.54) is 25.3 Å². The molecule has 9 heteroatoms. The number of benzene rings is 3. The van der Waals surface area contributed by atoms with Crippen LogP contribution in [0.25, 0.3) is 6.08 Å². The number of nitrogens with zero attached hydrogens (tertiary/aromatic N) is 2. The average molecular weight is 464 g/mol. The van der Waals surface area contributed by atoms with Gasteiger partial charge in [-0.25, -0.2) is 0 Å². The Morgan fingerprint density at radius 3 is 2.67 bits per heavy atom. The Morgan fingerprint density at radius 1 is 1.18 bits per heavy atom. The Hall–Kier alpha value is -4.35. The highest BCUT2D eigenvalue weighted by molar-refractivity contribution is 6.34. The molecule has 0 bridgehead atoms. The first-order valence-corrected chi connectivity index (χ1v) is 10.0. The lowest BCUT2D eigenvalue weighted by molar-refractivity contribution is -0.384. The van der Waals surface area contributed by atoms with Gasteiger partial charge in [0, 0.05) is 23.8 Å². The number of carbonyl (C=O) groups is 1. The summed E-state index contributed by atoms with van der Waals surface area (Å²) in [6.45, 7) is 0.0311. The smallest absolute Gasteiger partial charge is 0.269 e. The number of nitriles is 1. The number of nitro groups is 1. The number of ether oxygens (including phenoxy) is 2. The summed E-state index contributed by atoms with van der Waals surface area (Å²) in [5, 5.41) is 23.5. The number of non-ortho nitro benzene ring substituents is 1. The van der Waals surface area contributed by atoms with Crippen molar-refractivity contribution in [2.24, 2.45) is 0 Å². The highest BCUT2D eigenvalue weighted by Crippen LogP contribution is 2.29. The van der Waals surface area contributed by atoms with Crippen LogP contribution in [0.3, 0.4) is 0 Å². The van der Waals surface area contributed by atoms with Crippen molar-refractivity contribution in [3.8, 4) is 17.6 Å². The molecule has 0 unspecified atom stereocenters. The third-order valence-corrected chi connectivity index (χ3v) is 4.85. The predicted molar refractivity (Wildman–Crippen MR) is 124 cm³/mol. The third kappa shape index (κ3) is 6.09. The summed E-state index contributed by atoms with van der Waals surface area (Å²) in [6.07, 6.45) is 1.38. The van der Waals surface area contributed by atoms with Crippen molar-refractivity contribution in [2.75, 3.05) is 12.4 Å². The summed E-state index contributed by atoms with van der Waals surface area (Å²) < 4.78 is 11.1. The van der Waals surface area contributed by atoms with Crippen LogP contribution in [0.4, 0.5) is 11.4 Å². The molecular formula is C24H18ClN3O5. The second-order valence-electron chi connectivity index (χ2n) is 6.72. The van der Waals surface area contributed by atoms with Crippen molar-refractivity contribution in [3.05, 3.63) is 98.6 Å². The highest BCUT2D eigenvalue weighted by atomic mass is 35.5. The van der Waals surface area contributed by atoms with Gasteiger partial charge in [0.2, 0.25) is 0 Å². The minimum Gasteiger partial charge on any atom is -0.497 e. The molecule has 0 aliphatic heterocycles. The molecule has 0 spiro atoms. The maximum atomic E-state index is 12.6. The van der Waals surface area contributed by atoms with E-state index < -0.39 is 10.8 Å². The van der Waals surface area contributed by atoms with E-state index in [1.54, 1.807) is 54.6 Å². The van der Waals surface area contributed by atoms with Gasteiger partial charge in [-0.2, -0.15) is 5.26 Å². The number of rotatable bonds is 8. The Kier molecular flexibility index (Phi) is 7.63. The molecule has 0 saturated carbocycles. The number of hydrogen-bond donors (Lipinski definition) is 1. The van der Waals surface area contributed by atoms with Crippen LogP contribution in [-0.4, -0.2) is 17.9 Å². The van der Waals surface area contributed by atoms with Gasteiger partial charge in [0.05, 0.1) is 22.7 Å². The summed E-state index contributed by atoms with van der Waals surface area (Å²) in [4.78, 5) is 23.1. The first kappa shape index (κ1) is 23.3. The zero-order valence-corrected chi connectivity index (χ0v) is 18.2. The molecule has 0 radical (unpaired) electrons. The summed E-state index contributed by atoms with van der Waals surface area (Å²) in [6, 6.07) is 19.5. The molecule has 1 N–H and O–H groups in total. The fraction of sp³-hybridized carbons (Fsp3) is 0.0833. The molecular weight excluding hydrogens is 446 g/mol. The molecule has 0 aromatic heterocycles. The van der Waals surface area contributed by atoms with Gasteiger partial charge in [0.1, 0.15) is 29.7 Å². The van der Waals surface area contributed by atoms with Gasteiger partial charge < -0.3 is 14.8 Å². The molecule has 3 aromatic carbocycles. The first-order valence-electron chi connectivity index (χ1n) is 9.63. The quantitative estimate of drug-likeness (QED) is 0.207. The lowest BCUT2D eigenvalue weighted by atomic mass is 10.1. The molecule has 0 aliphatic carbocycles. The van der Waals surface area contributed by atoms with E-state index >= 15 is 0 Å². The molecule has 0 atom stereocenters. The van der Waals surface area contributed by atoms with Crippen molar-refractivity contribution in [1.82, 2.24) is 0 Å². The Balaban J connectivity index is 1.87. The van der Waals surface area contributed by atoms with Crippen LogP contribution in [0.15, 0.2) is 72.3 Å². The highest BCUT2D eigenvalue weighted by Gasteiger charge is 2.14. The molecule has 0 aliphatic rings. The second-order valence-corrected chi connectivity index (χ2v) is 7.13. The molecule has 0 saturated heterocycles.